The molecule has 126 valence electrons. The lowest BCUT2D eigenvalue weighted by Gasteiger charge is -2.12. The van der Waals surface area contributed by atoms with Crippen LogP contribution in [0.25, 0.3) is 0 Å². The number of methoxy groups -OCH3 is 1. The summed E-state index contributed by atoms with van der Waals surface area (Å²) in [6.07, 6.45) is -0.853. The predicted octanol–water partition coefficient (Wildman–Crippen LogP) is 3.03. The summed E-state index contributed by atoms with van der Waals surface area (Å²) in [4.78, 5) is 23.9. The molecular formula is C19H20O5. The summed E-state index contributed by atoms with van der Waals surface area (Å²) < 4.78 is 15.6. The molecule has 0 N–H and O–H groups in total. The second-order valence-electron chi connectivity index (χ2n) is 5.22. The van der Waals surface area contributed by atoms with E-state index in [9.17, 15) is 9.59 Å². The Bertz CT molecular complexity index is 664. The van der Waals surface area contributed by atoms with Crippen molar-refractivity contribution in [2.75, 3.05) is 13.7 Å². The van der Waals surface area contributed by atoms with Crippen molar-refractivity contribution in [1.29, 1.82) is 0 Å². The van der Waals surface area contributed by atoms with Gasteiger partial charge in [-0.25, -0.2) is 4.79 Å². The molecule has 0 heterocycles. The normalized spacial score (nSPS) is 11.6. The molecule has 0 aliphatic rings. The van der Waals surface area contributed by atoms with E-state index >= 15 is 0 Å². The molecule has 0 bridgehead atoms. The fourth-order valence-electron chi connectivity index (χ4n) is 1.98. The summed E-state index contributed by atoms with van der Waals surface area (Å²) in [5.74, 6) is -0.0457. The van der Waals surface area contributed by atoms with Crippen LogP contribution in [0.3, 0.4) is 0 Å². The second-order valence-corrected chi connectivity index (χ2v) is 5.22. The molecule has 0 unspecified atom stereocenters. The molecule has 0 radical (unpaired) electrons. The smallest absolute Gasteiger partial charge is 0.338 e. The topological polar surface area (TPSA) is 61.8 Å². The van der Waals surface area contributed by atoms with Crippen LogP contribution in [0.1, 0.15) is 22.8 Å². The number of ether oxygens (including phenoxy) is 3. The van der Waals surface area contributed by atoms with Gasteiger partial charge in [0.1, 0.15) is 12.4 Å². The number of esters is 1. The SMILES string of the molecule is COc1ccc(COCC(=O)[C@@H](C)OC(=O)c2ccccc2)cc1. The number of ketones is 1. The number of hydrogen-bond acceptors (Lipinski definition) is 5. The van der Waals surface area contributed by atoms with Gasteiger partial charge in [0.25, 0.3) is 0 Å². The lowest BCUT2D eigenvalue weighted by atomic mass is 10.2. The van der Waals surface area contributed by atoms with Crippen molar-refractivity contribution in [3.63, 3.8) is 0 Å². The minimum atomic E-state index is -0.853. The van der Waals surface area contributed by atoms with Crippen molar-refractivity contribution in [2.24, 2.45) is 0 Å². The van der Waals surface area contributed by atoms with Gasteiger partial charge in [0.15, 0.2) is 11.9 Å². The van der Waals surface area contributed by atoms with Gasteiger partial charge in [-0.05, 0) is 36.8 Å². The summed E-state index contributed by atoms with van der Waals surface area (Å²) in [7, 11) is 1.60. The molecule has 5 nitrogen and oxygen atoms in total. The van der Waals surface area contributed by atoms with E-state index in [0.717, 1.165) is 11.3 Å². The first-order valence-corrected chi connectivity index (χ1v) is 7.59. The van der Waals surface area contributed by atoms with Crippen molar-refractivity contribution in [1.82, 2.24) is 0 Å². The molecule has 0 aliphatic heterocycles. The third-order valence-corrected chi connectivity index (χ3v) is 3.42. The van der Waals surface area contributed by atoms with Crippen molar-refractivity contribution in [2.45, 2.75) is 19.6 Å². The lowest BCUT2D eigenvalue weighted by molar-refractivity contribution is -0.132. The van der Waals surface area contributed by atoms with Crippen LogP contribution in [0.15, 0.2) is 54.6 Å². The molecule has 0 fully saturated rings. The van der Waals surface area contributed by atoms with Gasteiger partial charge in [-0.1, -0.05) is 30.3 Å². The van der Waals surface area contributed by atoms with Crippen molar-refractivity contribution >= 4 is 11.8 Å². The highest BCUT2D eigenvalue weighted by Gasteiger charge is 2.18. The van der Waals surface area contributed by atoms with Crippen LogP contribution in [0.5, 0.6) is 5.75 Å². The fourth-order valence-corrected chi connectivity index (χ4v) is 1.98. The predicted molar refractivity (Wildman–Crippen MR) is 89.0 cm³/mol. The largest absolute Gasteiger partial charge is 0.497 e. The summed E-state index contributed by atoms with van der Waals surface area (Å²) in [5, 5.41) is 0. The van der Waals surface area contributed by atoms with Gasteiger partial charge in [0, 0.05) is 0 Å². The highest BCUT2D eigenvalue weighted by Crippen LogP contribution is 2.12. The van der Waals surface area contributed by atoms with E-state index in [0.29, 0.717) is 12.2 Å². The Morgan fingerprint density at radius 2 is 1.67 bits per heavy atom. The summed E-state index contributed by atoms with van der Waals surface area (Å²) in [6.45, 7) is 1.73. The third kappa shape index (κ3) is 5.21. The molecule has 0 aromatic heterocycles. The zero-order valence-corrected chi connectivity index (χ0v) is 13.7. The van der Waals surface area contributed by atoms with E-state index in [-0.39, 0.29) is 12.4 Å². The number of benzene rings is 2. The average molecular weight is 328 g/mol. The van der Waals surface area contributed by atoms with Crippen molar-refractivity contribution in [3.8, 4) is 5.75 Å². The fraction of sp³-hybridized carbons (Fsp3) is 0.263. The van der Waals surface area contributed by atoms with Crippen LogP contribution in [0, 0.1) is 0 Å². The first-order valence-electron chi connectivity index (χ1n) is 7.59. The van der Waals surface area contributed by atoms with E-state index in [2.05, 4.69) is 0 Å². The average Bonchev–Trinajstić information content (AvgIpc) is 2.62. The van der Waals surface area contributed by atoms with Gasteiger partial charge in [0.2, 0.25) is 0 Å². The monoisotopic (exact) mass is 328 g/mol. The van der Waals surface area contributed by atoms with Crippen LogP contribution in [0.2, 0.25) is 0 Å². The number of rotatable bonds is 8. The molecule has 2 aromatic rings. The highest BCUT2D eigenvalue weighted by molar-refractivity contribution is 5.92. The van der Waals surface area contributed by atoms with Gasteiger partial charge >= 0.3 is 5.97 Å². The van der Waals surface area contributed by atoms with E-state index in [4.69, 9.17) is 14.2 Å². The van der Waals surface area contributed by atoms with Crippen molar-refractivity contribution in [3.05, 3.63) is 65.7 Å². The molecule has 0 amide bonds. The zero-order chi connectivity index (χ0) is 17.4. The van der Waals surface area contributed by atoms with Crippen LogP contribution >= 0.6 is 0 Å². The minimum Gasteiger partial charge on any atom is -0.497 e. The molecule has 0 saturated carbocycles. The van der Waals surface area contributed by atoms with E-state index in [1.807, 2.05) is 24.3 Å². The van der Waals surface area contributed by atoms with Gasteiger partial charge < -0.3 is 14.2 Å². The highest BCUT2D eigenvalue weighted by atomic mass is 16.5. The molecule has 2 aromatic carbocycles. The van der Waals surface area contributed by atoms with E-state index < -0.39 is 12.1 Å². The Kier molecular flexibility index (Phi) is 6.51. The molecule has 2 rings (SSSR count). The molecule has 0 saturated heterocycles. The Labute approximate surface area is 141 Å². The lowest BCUT2D eigenvalue weighted by Crippen LogP contribution is -2.27. The summed E-state index contributed by atoms with van der Waals surface area (Å²) in [5.41, 5.74) is 1.34. The number of hydrogen-bond donors (Lipinski definition) is 0. The van der Waals surface area contributed by atoms with Crippen LogP contribution in [0.4, 0.5) is 0 Å². The van der Waals surface area contributed by atoms with E-state index in [1.54, 1.807) is 44.4 Å². The minimum absolute atomic E-state index is 0.116. The first-order chi connectivity index (χ1) is 11.6. The molecule has 0 aliphatic carbocycles. The standard InChI is InChI=1S/C19H20O5/c1-14(24-19(21)16-6-4-3-5-7-16)18(20)13-23-12-15-8-10-17(22-2)11-9-15/h3-11,14H,12-13H2,1-2H3/t14-/m1/s1. The number of carbonyl (C=O) groups excluding carboxylic acids is 2. The van der Waals surface area contributed by atoms with Gasteiger partial charge in [-0.2, -0.15) is 0 Å². The Morgan fingerprint density at radius 1 is 1.00 bits per heavy atom. The molecule has 24 heavy (non-hydrogen) atoms. The van der Waals surface area contributed by atoms with Gasteiger partial charge in [-0.15, -0.1) is 0 Å². The zero-order valence-electron chi connectivity index (χ0n) is 13.7. The molecule has 1 atom stereocenters. The third-order valence-electron chi connectivity index (χ3n) is 3.42. The number of carbonyl (C=O) groups is 2. The van der Waals surface area contributed by atoms with Crippen LogP contribution in [-0.2, 0) is 20.9 Å². The maximum Gasteiger partial charge on any atom is 0.338 e. The maximum absolute atomic E-state index is 12.0. The van der Waals surface area contributed by atoms with Gasteiger partial charge in [-0.3, -0.25) is 4.79 Å². The molecular weight excluding hydrogens is 308 g/mol. The number of Topliss-reactive ketones (excluding diaryl/α,β-unsaturated/α-hetero) is 1. The Morgan fingerprint density at radius 3 is 2.29 bits per heavy atom. The van der Waals surface area contributed by atoms with Gasteiger partial charge in [0.05, 0.1) is 19.3 Å². The molecule has 0 spiro atoms. The second kappa shape index (κ2) is 8.84. The first kappa shape index (κ1) is 17.7. The Hall–Kier alpha value is -2.66. The summed E-state index contributed by atoms with van der Waals surface area (Å²) >= 11 is 0. The van der Waals surface area contributed by atoms with Crippen molar-refractivity contribution < 1.29 is 23.8 Å². The van der Waals surface area contributed by atoms with Crippen LogP contribution < -0.4 is 4.74 Å². The Balaban J connectivity index is 1.76. The summed E-state index contributed by atoms with van der Waals surface area (Å²) in [6, 6.07) is 15.9. The molecule has 5 heteroatoms. The van der Waals surface area contributed by atoms with E-state index in [1.165, 1.54) is 0 Å². The van der Waals surface area contributed by atoms with Crippen LogP contribution in [-0.4, -0.2) is 31.6 Å². The quantitative estimate of drug-likeness (QED) is 0.697. The maximum atomic E-state index is 12.0.